The van der Waals surface area contributed by atoms with Gasteiger partial charge in [0, 0.05) is 29.3 Å². The molecule has 0 atom stereocenters. The van der Waals surface area contributed by atoms with Crippen molar-refractivity contribution >= 4 is 28.5 Å². The minimum atomic E-state index is -1.38. The van der Waals surface area contributed by atoms with Crippen molar-refractivity contribution in [3.05, 3.63) is 77.8 Å². The number of hydrogen-bond acceptors (Lipinski definition) is 4. The fourth-order valence-electron chi connectivity index (χ4n) is 1.72. The predicted octanol–water partition coefficient (Wildman–Crippen LogP) is 2.27. The number of hydrogen-bond donors (Lipinski definition) is 2. The molecule has 0 bridgehead atoms. The van der Waals surface area contributed by atoms with Gasteiger partial charge in [-0.05, 0) is 53.0 Å². The van der Waals surface area contributed by atoms with E-state index in [1.165, 1.54) is 23.5 Å². The summed E-state index contributed by atoms with van der Waals surface area (Å²) in [5, 5.41) is 17.1. The molecule has 22 heavy (non-hydrogen) atoms. The van der Waals surface area contributed by atoms with Crippen LogP contribution in [0.5, 0.6) is 0 Å². The minimum absolute atomic E-state index is 0.463. The molecule has 0 aliphatic rings. The Labute approximate surface area is 137 Å². The number of halogens is 1. The first-order valence-corrected chi connectivity index (χ1v) is 7.38. The predicted molar refractivity (Wildman–Crippen MR) is 91.4 cm³/mol. The molecule has 6 heteroatoms. The lowest BCUT2D eigenvalue weighted by Gasteiger charge is -1.99. The number of nitrogens with zero attached hydrogens (tertiary/aromatic N) is 2. The van der Waals surface area contributed by atoms with Gasteiger partial charge in [0.1, 0.15) is 0 Å². The summed E-state index contributed by atoms with van der Waals surface area (Å²) in [6, 6.07) is 15.3. The van der Waals surface area contributed by atoms with Crippen molar-refractivity contribution in [2.75, 3.05) is 0 Å². The van der Waals surface area contributed by atoms with E-state index in [1.807, 2.05) is 24.3 Å². The van der Waals surface area contributed by atoms with E-state index in [9.17, 15) is 0 Å². The van der Waals surface area contributed by atoms with Gasteiger partial charge >= 0.3 is 7.12 Å². The van der Waals surface area contributed by atoms with Crippen molar-refractivity contribution in [3.8, 4) is 11.1 Å². The van der Waals surface area contributed by atoms with E-state index in [1.54, 1.807) is 24.5 Å². The van der Waals surface area contributed by atoms with Crippen LogP contribution < -0.4 is 5.46 Å². The molecule has 0 unspecified atom stereocenters. The third kappa shape index (κ3) is 5.07. The SMILES string of the molecule is Brc1ccc(-c2ccncc2)cc1.OB(O)c1ccncc1. The zero-order valence-electron chi connectivity index (χ0n) is 11.7. The van der Waals surface area contributed by atoms with Gasteiger partial charge in [0.2, 0.25) is 0 Å². The lowest BCUT2D eigenvalue weighted by molar-refractivity contribution is 0.425. The summed E-state index contributed by atoms with van der Waals surface area (Å²) in [5.41, 5.74) is 2.87. The zero-order chi connectivity index (χ0) is 15.8. The molecule has 0 aliphatic heterocycles. The molecule has 0 amide bonds. The van der Waals surface area contributed by atoms with Gasteiger partial charge in [-0.2, -0.15) is 0 Å². The average Bonchev–Trinajstić information content (AvgIpc) is 2.58. The summed E-state index contributed by atoms with van der Waals surface area (Å²) >= 11 is 3.41. The topological polar surface area (TPSA) is 66.2 Å². The smallest absolute Gasteiger partial charge is 0.423 e. The van der Waals surface area contributed by atoms with E-state index in [4.69, 9.17) is 10.0 Å². The Balaban J connectivity index is 0.000000172. The highest BCUT2D eigenvalue weighted by Crippen LogP contribution is 2.20. The molecule has 0 aliphatic carbocycles. The molecule has 2 aromatic heterocycles. The Kier molecular flexibility index (Phi) is 6.27. The lowest BCUT2D eigenvalue weighted by Crippen LogP contribution is -2.29. The largest absolute Gasteiger partial charge is 0.488 e. The number of aromatic nitrogens is 2. The standard InChI is InChI=1S/C11H8BrN.C5H6BNO2/c12-11-3-1-9(2-4-11)10-5-7-13-8-6-10;8-6(9)5-1-3-7-4-2-5/h1-8H;1-4,8-9H. The maximum Gasteiger partial charge on any atom is 0.488 e. The van der Waals surface area contributed by atoms with Crippen molar-refractivity contribution < 1.29 is 10.0 Å². The second-order valence-electron chi connectivity index (χ2n) is 4.40. The summed E-state index contributed by atoms with van der Waals surface area (Å²) < 4.78 is 1.10. The first kappa shape index (κ1) is 16.4. The Morgan fingerprint density at radius 2 is 1.14 bits per heavy atom. The van der Waals surface area contributed by atoms with Crippen LogP contribution in [0.2, 0.25) is 0 Å². The van der Waals surface area contributed by atoms with E-state index < -0.39 is 7.12 Å². The molecule has 3 aromatic rings. The molecule has 0 radical (unpaired) electrons. The summed E-state index contributed by atoms with van der Waals surface area (Å²) in [6.07, 6.45) is 6.62. The van der Waals surface area contributed by atoms with Gasteiger partial charge in [-0.3, -0.25) is 9.97 Å². The van der Waals surface area contributed by atoms with Gasteiger partial charge in [0.15, 0.2) is 0 Å². The normalized spacial score (nSPS) is 9.59. The van der Waals surface area contributed by atoms with Gasteiger partial charge in [-0.1, -0.05) is 28.1 Å². The van der Waals surface area contributed by atoms with Gasteiger partial charge < -0.3 is 10.0 Å². The van der Waals surface area contributed by atoms with Crippen LogP contribution in [0.3, 0.4) is 0 Å². The molecule has 0 saturated carbocycles. The number of rotatable bonds is 2. The zero-order valence-corrected chi connectivity index (χ0v) is 13.3. The van der Waals surface area contributed by atoms with Crippen molar-refractivity contribution in [1.29, 1.82) is 0 Å². The molecule has 0 fully saturated rings. The maximum atomic E-state index is 8.55. The molecule has 2 N–H and O–H groups in total. The summed E-state index contributed by atoms with van der Waals surface area (Å²) in [7, 11) is -1.38. The average molecular weight is 357 g/mol. The first-order valence-electron chi connectivity index (χ1n) is 6.59. The number of benzene rings is 1. The van der Waals surface area contributed by atoms with Gasteiger partial charge in [-0.15, -0.1) is 0 Å². The van der Waals surface area contributed by atoms with Crippen LogP contribution in [-0.4, -0.2) is 27.1 Å². The van der Waals surface area contributed by atoms with Crippen LogP contribution in [0.4, 0.5) is 0 Å². The third-order valence-corrected chi connectivity index (χ3v) is 3.39. The Hall–Kier alpha value is -2.02. The fourth-order valence-corrected chi connectivity index (χ4v) is 1.99. The Morgan fingerprint density at radius 1 is 0.682 bits per heavy atom. The highest BCUT2D eigenvalue weighted by Gasteiger charge is 2.07. The highest BCUT2D eigenvalue weighted by molar-refractivity contribution is 9.10. The quantitative estimate of drug-likeness (QED) is 0.691. The van der Waals surface area contributed by atoms with Gasteiger partial charge in [0.05, 0.1) is 0 Å². The van der Waals surface area contributed by atoms with Gasteiger partial charge in [0.25, 0.3) is 0 Å². The second-order valence-corrected chi connectivity index (χ2v) is 5.31. The molecule has 110 valence electrons. The van der Waals surface area contributed by atoms with Crippen molar-refractivity contribution in [3.63, 3.8) is 0 Å². The van der Waals surface area contributed by atoms with Crippen LogP contribution in [0.1, 0.15) is 0 Å². The van der Waals surface area contributed by atoms with Crippen LogP contribution in [-0.2, 0) is 0 Å². The molecule has 4 nitrogen and oxygen atoms in total. The highest BCUT2D eigenvalue weighted by atomic mass is 79.9. The monoisotopic (exact) mass is 356 g/mol. The van der Waals surface area contributed by atoms with E-state index in [2.05, 4.69) is 38.0 Å². The Bertz CT molecular complexity index is 680. The molecule has 0 saturated heterocycles. The van der Waals surface area contributed by atoms with Crippen LogP contribution >= 0.6 is 15.9 Å². The summed E-state index contributed by atoms with van der Waals surface area (Å²) in [4.78, 5) is 7.68. The van der Waals surface area contributed by atoms with Crippen molar-refractivity contribution in [2.24, 2.45) is 0 Å². The summed E-state index contributed by atoms with van der Waals surface area (Å²) in [6.45, 7) is 0. The molecule has 2 heterocycles. The maximum absolute atomic E-state index is 8.55. The number of pyridine rings is 2. The first-order chi connectivity index (χ1) is 10.7. The van der Waals surface area contributed by atoms with E-state index >= 15 is 0 Å². The molecule has 0 spiro atoms. The third-order valence-electron chi connectivity index (χ3n) is 2.86. The second kappa shape index (κ2) is 8.43. The Morgan fingerprint density at radius 3 is 1.59 bits per heavy atom. The van der Waals surface area contributed by atoms with E-state index in [0.29, 0.717) is 5.46 Å². The van der Waals surface area contributed by atoms with Gasteiger partial charge in [-0.25, -0.2) is 0 Å². The van der Waals surface area contributed by atoms with Crippen LogP contribution in [0.25, 0.3) is 11.1 Å². The van der Waals surface area contributed by atoms with Crippen molar-refractivity contribution in [1.82, 2.24) is 9.97 Å². The molecular weight excluding hydrogens is 343 g/mol. The van der Waals surface area contributed by atoms with Crippen LogP contribution in [0, 0.1) is 0 Å². The molecular formula is C16H14BBrN2O2. The lowest BCUT2D eigenvalue weighted by atomic mass is 9.81. The molecule has 1 aromatic carbocycles. The fraction of sp³-hybridized carbons (Fsp3) is 0. The van der Waals surface area contributed by atoms with Crippen LogP contribution in [0.15, 0.2) is 77.8 Å². The minimum Gasteiger partial charge on any atom is -0.423 e. The summed E-state index contributed by atoms with van der Waals surface area (Å²) in [5.74, 6) is 0. The van der Waals surface area contributed by atoms with E-state index in [-0.39, 0.29) is 0 Å². The van der Waals surface area contributed by atoms with Crippen molar-refractivity contribution in [2.45, 2.75) is 0 Å². The molecule has 3 rings (SSSR count). The van der Waals surface area contributed by atoms with E-state index in [0.717, 1.165) is 4.47 Å².